The molecule has 1 heterocycles. The molecule has 0 bridgehead atoms. The van der Waals surface area contributed by atoms with Crippen LogP contribution in [0.15, 0.2) is 30.5 Å². The Balaban J connectivity index is 0.00000144. The van der Waals surface area contributed by atoms with Crippen LogP contribution in [0, 0.1) is 0 Å². The molecule has 0 aliphatic rings. The van der Waals surface area contributed by atoms with Crippen molar-refractivity contribution >= 4 is 16.9 Å². The van der Waals surface area contributed by atoms with E-state index in [1.54, 1.807) is 7.05 Å². The Kier molecular flexibility index (Phi) is 4.29. The number of benzene rings is 1. The number of fused-ring (bicyclic) bond motifs is 1. The average molecular weight is 234 g/mol. The summed E-state index contributed by atoms with van der Waals surface area (Å²) in [5.41, 5.74) is 2.06. The van der Waals surface area contributed by atoms with Crippen LogP contribution in [0.5, 0.6) is 0 Å². The summed E-state index contributed by atoms with van der Waals surface area (Å²) in [5, 5.41) is 12.8. The SMILES string of the molecule is C.CN[C@@H](Cc1c[nH]c2ccccc12)C(=O)O. The van der Waals surface area contributed by atoms with Crippen molar-refractivity contribution in [3.05, 3.63) is 36.0 Å². The molecule has 0 aliphatic heterocycles. The molecule has 0 saturated heterocycles. The highest BCUT2D eigenvalue weighted by atomic mass is 16.4. The minimum absolute atomic E-state index is 0. The number of H-pyrrole nitrogens is 1. The predicted octanol–water partition coefficient (Wildman–Crippen LogP) is 2.02. The van der Waals surface area contributed by atoms with Crippen molar-refractivity contribution in [1.29, 1.82) is 0 Å². The van der Waals surface area contributed by atoms with Crippen LogP contribution in [-0.4, -0.2) is 29.1 Å². The third-order valence-corrected chi connectivity index (χ3v) is 2.75. The van der Waals surface area contributed by atoms with Crippen molar-refractivity contribution in [1.82, 2.24) is 10.3 Å². The second kappa shape index (κ2) is 5.50. The van der Waals surface area contributed by atoms with Crippen LogP contribution in [0.4, 0.5) is 0 Å². The molecule has 0 saturated carbocycles. The van der Waals surface area contributed by atoms with Crippen LogP contribution in [0.1, 0.15) is 13.0 Å². The quantitative estimate of drug-likeness (QED) is 0.758. The van der Waals surface area contributed by atoms with Gasteiger partial charge >= 0.3 is 5.97 Å². The Bertz CT molecular complexity index is 505. The van der Waals surface area contributed by atoms with E-state index < -0.39 is 12.0 Å². The molecule has 3 N–H and O–H groups in total. The second-order valence-electron chi connectivity index (χ2n) is 3.74. The van der Waals surface area contributed by atoms with Crippen LogP contribution < -0.4 is 5.32 Å². The van der Waals surface area contributed by atoms with Crippen molar-refractivity contribution in [3.63, 3.8) is 0 Å². The fourth-order valence-electron chi connectivity index (χ4n) is 1.83. The lowest BCUT2D eigenvalue weighted by Gasteiger charge is -2.09. The van der Waals surface area contributed by atoms with Gasteiger partial charge in [0, 0.05) is 23.5 Å². The molecule has 1 aromatic carbocycles. The highest BCUT2D eigenvalue weighted by molar-refractivity contribution is 5.84. The van der Waals surface area contributed by atoms with Gasteiger partial charge in [-0.25, -0.2) is 0 Å². The van der Waals surface area contributed by atoms with E-state index in [1.807, 2.05) is 30.5 Å². The van der Waals surface area contributed by atoms with Gasteiger partial charge in [-0.15, -0.1) is 0 Å². The van der Waals surface area contributed by atoms with E-state index >= 15 is 0 Å². The first-order valence-electron chi connectivity index (χ1n) is 5.17. The zero-order valence-corrected chi connectivity index (χ0v) is 9.03. The zero-order chi connectivity index (χ0) is 11.5. The number of carbonyl (C=O) groups is 1. The number of hydrogen-bond donors (Lipinski definition) is 3. The Labute approximate surface area is 101 Å². The first-order chi connectivity index (χ1) is 7.72. The number of carboxylic acid groups (broad SMARTS) is 1. The summed E-state index contributed by atoms with van der Waals surface area (Å²) in [6.07, 6.45) is 2.35. The first-order valence-corrected chi connectivity index (χ1v) is 5.17. The lowest BCUT2D eigenvalue weighted by Crippen LogP contribution is -2.35. The van der Waals surface area contributed by atoms with Gasteiger partial charge in [0.1, 0.15) is 6.04 Å². The van der Waals surface area contributed by atoms with Gasteiger partial charge in [-0.1, -0.05) is 25.6 Å². The predicted molar refractivity (Wildman–Crippen MR) is 69.2 cm³/mol. The normalized spacial score (nSPS) is 12.1. The molecule has 1 aromatic heterocycles. The third-order valence-electron chi connectivity index (χ3n) is 2.75. The van der Waals surface area contributed by atoms with Gasteiger partial charge in [0.15, 0.2) is 0 Å². The maximum Gasteiger partial charge on any atom is 0.321 e. The molecular weight excluding hydrogens is 216 g/mol. The van der Waals surface area contributed by atoms with Crippen LogP contribution in [-0.2, 0) is 11.2 Å². The number of aliphatic carboxylic acids is 1. The summed E-state index contributed by atoms with van der Waals surface area (Å²) in [5.74, 6) is -0.826. The number of aromatic amines is 1. The van der Waals surface area contributed by atoms with Gasteiger partial charge in [-0.3, -0.25) is 4.79 Å². The molecule has 0 fully saturated rings. The fourth-order valence-corrected chi connectivity index (χ4v) is 1.83. The number of nitrogens with one attached hydrogen (secondary N) is 2. The highest BCUT2D eigenvalue weighted by Gasteiger charge is 2.16. The first kappa shape index (κ1) is 13.3. The maximum atomic E-state index is 10.9. The lowest BCUT2D eigenvalue weighted by molar-refractivity contribution is -0.139. The molecule has 17 heavy (non-hydrogen) atoms. The van der Waals surface area contributed by atoms with E-state index in [1.165, 1.54) is 0 Å². The smallest absolute Gasteiger partial charge is 0.321 e. The molecular formula is C13H18N2O2. The maximum absolute atomic E-state index is 10.9. The number of hydrogen-bond acceptors (Lipinski definition) is 2. The number of para-hydroxylation sites is 1. The van der Waals surface area contributed by atoms with E-state index in [9.17, 15) is 4.79 Å². The summed E-state index contributed by atoms with van der Waals surface area (Å²) in [6, 6.07) is 7.34. The van der Waals surface area contributed by atoms with Gasteiger partial charge in [-0.05, 0) is 18.7 Å². The van der Waals surface area contributed by atoms with E-state index in [0.29, 0.717) is 6.42 Å². The topological polar surface area (TPSA) is 65.1 Å². The average Bonchev–Trinajstić information content (AvgIpc) is 2.69. The summed E-state index contributed by atoms with van der Waals surface area (Å²) >= 11 is 0. The van der Waals surface area contributed by atoms with Crippen molar-refractivity contribution < 1.29 is 9.90 Å². The van der Waals surface area contributed by atoms with Gasteiger partial charge in [0.25, 0.3) is 0 Å². The summed E-state index contributed by atoms with van der Waals surface area (Å²) in [4.78, 5) is 14.1. The second-order valence-corrected chi connectivity index (χ2v) is 3.74. The monoisotopic (exact) mass is 234 g/mol. The molecule has 0 aliphatic carbocycles. The van der Waals surface area contributed by atoms with E-state index in [4.69, 9.17) is 5.11 Å². The van der Waals surface area contributed by atoms with E-state index in [-0.39, 0.29) is 7.43 Å². The van der Waals surface area contributed by atoms with Gasteiger partial charge in [0.2, 0.25) is 0 Å². The zero-order valence-electron chi connectivity index (χ0n) is 9.03. The Morgan fingerprint density at radius 1 is 1.47 bits per heavy atom. The molecule has 0 spiro atoms. The number of likely N-dealkylation sites (N-methyl/N-ethyl adjacent to an activating group) is 1. The number of aromatic nitrogens is 1. The Morgan fingerprint density at radius 3 is 2.82 bits per heavy atom. The van der Waals surface area contributed by atoms with Crippen LogP contribution >= 0.6 is 0 Å². The summed E-state index contributed by atoms with van der Waals surface area (Å²) in [6.45, 7) is 0. The molecule has 2 aromatic rings. The van der Waals surface area contributed by atoms with Crippen LogP contribution in [0.2, 0.25) is 0 Å². The summed E-state index contributed by atoms with van der Waals surface area (Å²) < 4.78 is 0. The molecule has 0 radical (unpaired) electrons. The van der Waals surface area contributed by atoms with E-state index in [0.717, 1.165) is 16.5 Å². The van der Waals surface area contributed by atoms with Gasteiger partial charge in [0.05, 0.1) is 0 Å². The molecule has 92 valence electrons. The minimum Gasteiger partial charge on any atom is -0.480 e. The summed E-state index contributed by atoms with van der Waals surface area (Å²) in [7, 11) is 1.66. The van der Waals surface area contributed by atoms with Crippen LogP contribution in [0.25, 0.3) is 10.9 Å². The molecule has 4 heteroatoms. The van der Waals surface area contributed by atoms with E-state index in [2.05, 4.69) is 10.3 Å². The van der Waals surface area contributed by atoms with Crippen molar-refractivity contribution in [2.75, 3.05) is 7.05 Å². The number of rotatable bonds is 4. The van der Waals surface area contributed by atoms with Gasteiger partial charge < -0.3 is 15.4 Å². The fraction of sp³-hybridized carbons (Fsp3) is 0.308. The largest absolute Gasteiger partial charge is 0.480 e. The van der Waals surface area contributed by atoms with Gasteiger partial charge in [-0.2, -0.15) is 0 Å². The van der Waals surface area contributed by atoms with Crippen molar-refractivity contribution in [3.8, 4) is 0 Å². The van der Waals surface area contributed by atoms with Crippen molar-refractivity contribution in [2.45, 2.75) is 19.9 Å². The molecule has 4 nitrogen and oxygen atoms in total. The number of carboxylic acids is 1. The Morgan fingerprint density at radius 2 is 2.18 bits per heavy atom. The standard InChI is InChI=1S/C12H14N2O2.CH4/c1-13-11(12(15)16)6-8-7-14-10-5-3-2-4-9(8)10;/h2-5,7,11,13-14H,6H2,1H3,(H,15,16);1H4/t11-;/m0./s1. The van der Waals surface area contributed by atoms with Crippen LogP contribution in [0.3, 0.4) is 0 Å². The molecule has 1 atom stereocenters. The lowest BCUT2D eigenvalue weighted by atomic mass is 10.1. The molecule has 0 unspecified atom stereocenters. The minimum atomic E-state index is -0.826. The van der Waals surface area contributed by atoms with Crippen molar-refractivity contribution in [2.24, 2.45) is 0 Å². The highest BCUT2D eigenvalue weighted by Crippen LogP contribution is 2.18. The molecule has 2 rings (SSSR count). The Hall–Kier alpha value is -1.81. The third kappa shape index (κ3) is 2.65. The molecule has 0 amide bonds.